The molecule has 0 saturated carbocycles. The van der Waals surface area contributed by atoms with Gasteiger partial charge in [0.25, 0.3) is 5.91 Å². The largest absolute Gasteiger partial charge is 0.444 e. The second kappa shape index (κ2) is 7.86. The molecule has 0 radical (unpaired) electrons. The number of amides is 2. The van der Waals surface area contributed by atoms with Gasteiger partial charge in [0, 0.05) is 25.0 Å². The van der Waals surface area contributed by atoms with Crippen molar-refractivity contribution in [3.63, 3.8) is 0 Å². The summed E-state index contributed by atoms with van der Waals surface area (Å²) in [5.41, 5.74) is 3.28. The Morgan fingerprint density at radius 3 is 2.93 bits per heavy atom. The van der Waals surface area contributed by atoms with Gasteiger partial charge in [0.05, 0.1) is 6.04 Å². The number of aromatic nitrogens is 1. The molecule has 0 unspecified atom stereocenters. The summed E-state index contributed by atoms with van der Waals surface area (Å²) < 4.78 is 5.37. The number of aryl methyl sites for hydroxylation is 1. The maximum atomic E-state index is 13.3. The van der Waals surface area contributed by atoms with E-state index in [1.54, 1.807) is 0 Å². The van der Waals surface area contributed by atoms with E-state index in [2.05, 4.69) is 33.7 Å². The first-order valence-corrected chi connectivity index (χ1v) is 10.7. The lowest BCUT2D eigenvalue weighted by atomic mass is 9.97. The lowest BCUT2D eigenvalue weighted by Crippen LogP contribution is -2.53. The molecule has 2 atom stereocenters. The number of aromatic amines is 1. The average molecular weight is 401 g/mol. The van der Waals surface area contributed by atoms with Gasteiger partial charge in [-0.05, 0) is 70.4 Å². The van der Waals surface area contributed by atoms with Crippen molar-refractivity contribution in [2.75, 3.05) is 13.1 Å². The molecule has 3 aliphatic rings. The molecule has 3 heterocycles. The number of hydrazine groups is 1. The van der Waals surface area contributed by atoms with Gasteiger partial charge in [-0.3, -0.25) is 9.80 Å². The molecule has 2 saturated heterocycles. The van der Waals surface area contributed by atoms with Crippen molar-refractivity contribution in [2.45, 2.75) is 77.0 Å². The zero-order valence-electron chi connectivity index (χ0n) is 17.7. The van der Waals surface area contributed by atoms with Crippen LogP contribution in [-0.4, -0.2) is 57.8 Å². The Morgan fingerprint density at radius 2 is 2.14 bits per heavy atom. The summed E-state index contributed by atoms with van der Waals surface area (Å²) in [6.45, 7) is 7.21. The van der Waals surface area contributed by atoms with Gasteiger partial charge in [0.1, 0.15) is 11.6 Å². The molecule has 2 aliphatic heterocycles. The van der Waals surface area contributed by atoms with Crippen LogP contribution in [0.4, 0.5) is 4.79 Å². The van der Waals surface area contributed by atoms with Crippen molar-refractivity contribution in [2.24, 2.45) is 0 Å². The van der Waals surface area contributed by atoms with E-state index in [1.807, 2.05) is 25.8 Å². The fourth-order valence-corrected chi connectivity index (χ4v) is 4.62. The Bertz CT molecular complexity index is 807. The molecule has 0 aromatic carbocycles. The van der Waals surface area contributed by atoms with Crippen LogP contribution in [0.2, 0.25) is 0 Å². The average Bonchev–Trinajstić information content (AvgIpc) is 3.20. The Balaban J connectivity index is 1.48. The normalized spacial score (nSPS) is 24.8. The van der Waals surface area contributed by atoms with E-state index in [0.717, 1.165) is 45.2 Å². The minimum absolute atomic E-state index is 0.0178. The Hall–Kier alpha value is -2.28. The molecular formula is C22H32N4O3. The molecule has 0 bridgehead atoms. The number of hydrogen-bond donors (Lipinski definition) is 2. The minimum Gasteiger partial charge on any atom is -0.444 e. The fourth-order valence-electron chi connectivity index (χ4n) is 4.62. The standard InChI is InChI=1S/C22H32N4O3/c1-22(2,3)29-21(28)24-19-9-6-11-25-12-10-16(26(25)20(19)27)13-15-14-23-18-8-5-4-7-17(15)18/h4,7,14,16,19,23H,5-6,8-13H2,1-3H3,(H,24,28)/t16-,19-/m0/s1. The third-order valence-corrected chi connectivity index (χ3v) is 5.89. The van der Waals surface area contributed by atoms with Gasteiger partial charge in [-0.2, -0.15) is 0 Å². The maximum Gasteiger partial charge on any atom is 0.408 e. The van der Waals surface area contributed by atoms with Crippen molar-refractivity contribution in [1.82, 2.24) is 20.3 Å². The van der Waals surface area contributed by atoms with Crippen LogP contribution < -0.4 is 5.32 Å². The molecular weight excluding hydrogens is 368 g/mol. The number of ether oxygens (including phenoxy) is 1. The number of alkyl carbamates (subject to hydrolysis) is 1. The first-order chi connectivity index (χ1) is 13.8. The smallest absolute Gasteiger partial charge is 0.408 e. The highest BCUT2D eigenvalue weighted by molar-refractivity contribution is 5.86. The van der Waals surface area contributed by atoms with Crippen LogP contribution in [0.5, 0.6) is 0 Å². The van der Waals surface area contributed by atoms with Crippen LogP contribution in [0.25, 0.3) is 6.08 Å². The number of nitrogens with one attached hydrogen (secondary N) is 2. The molecule has 0 spiro atoms. The van der Waals surface area contributed by atoms with Crippen LogP contribution in [0, 0.1) is 0 Å². The number of fused-ring (bicyclic) bond motifs is 2. The highest BCUT2D eigenvalue weighted by atomic mass is 16.6. The second-order valence-electron chi connectivity index (χ2n) is 9.27. The summed E-state index contributed by atoms with van der Waals surface area (Å²) >= 11 is 0. The summed E-state index contributed by atoms with van der Waals surface area (Å²) in [6.07, 6.45) is 11.4. The van der Waals surface area contributed by atoms with E-state index in [1.165, 1.54) is 16.8 Å². The van der Waals surface area contributed by atoms with E-state index < -0.39 is 17.7 Å². The number of H-pyrrole nitrogens is 1. The van der Waals surface area contributed by atoms with Crippen LogP contribution in [-0.2, 0) is 22.4 Å². The zero-order valence-corrected chi connectivity index (χ0v) is 17.7. The van der Waals surface area contributed by atoms with Crippen molar-refractivity contribution < 1.29 is 14.3 Å². The first-order valence-electron chi connectivity index (χ1n) is 10.7. The SMILES string of the molecule is CC(C)(C)OC(=O)N[C@H]1CCCN2CC[C@@H](Cc3c[nH]c4c3C=CCC4)N2C1=O. The van der Waals surface area contributed by atoms with Gasteiger partial charge in [-0.15, -0.1) is 0 Å². The van der Waals surface area contributed by atoms with Crippen LogP contribution in [0.15, 0.2) is 12.3 Å². The highest BCUT2D eigenvalue weighted by Gasteiger charge is 2.41. The lowest BCUT2D eigenvalue weighted by molar-refractivity contribution is -0.147. The monoisotopic (exact) mass is 400 g/mol. The topological polar surface area (TPSA) is 77.7 Å². The number of carbonyl (C=O) groups excluding carboxylic acids is 2. The molecule has 158 valence electrons. The molecule has 2 N–H and O–H groups in total. The first kappa shape index (κ1) is 20.0. The molecule has 4 rings (SSSR count). The quantitative estimate of drug-likeness (QED) is 0.818. The molecule has 2 fully saturated rings. The molecule has 1 aromatic heterocycles. The number of carbonyl (C=O) groups is 2. The predicted molar refractivity (Wildman–Crippen MR) is 111 cm³/mol. The van der Waals surface area contributed by atoms with Gasteiger partial charge in [-0.25, -0.2) is 9.80 Å². The number of nitrogens with zero attached hydrogens (tertiary/aromatic N) is 2. The molecule has 1 aromatic rings. The van der Waals surface area contributed by atoms with Gasteiger partial charge in [0.15, 0.2) is 0 Å². The van der Waals surface area contributed by atoms with E-state index in [-0.39, 0.29) is 11.9 Å². The maximum absolute atomic E-state index is 13.3. The predicted octanol–water partition coefficient (Wildman–Crippen LogP) is 3.02. The van der Waals surface area contributed by atoms with Gasteiger partial charge in [0.2, 0.25) is 0 Å². The lowest BCUT2D eigenvalue weighted by Gasteiger charge is -2.32. The van der Waals surface area contributed by atoms with Crippen molar-refractivity contribution in [1.29, 1.82) is 0 Å². The highest BCUT2D eigenvalue weighted by Crippen LogP contribution is 2.30. The number of allylic oxidation sites excluding steroid dienone is 1. The van der Waals surface area contributed by atoms with Crippen molar-refractivity contribution in [3.05, 3.63) is 29.1 Å². The minimum atomic E-state index is -0.582. The number of rotatable bonds is 3. The van der Waals surface area contributed by atoms with Gasteiger partial charge in [-0.1, -0.05) is 12.2 Å². The molecule has 29 heavy (non-hydrogen) atoms. The summed E-state index contributed by atoms with van der Waals surface area (Å²) in [5, 5.41) is 6.89. The molecule has 2 amide bonds. The van der Waals surface area contributed by atoms with Gasteiger partial charge >= 0.3 is 6.09 Å². The Kier molecular flexibility index (Phi) is 5.42. The van der Waals surface area contributed by atoms with Crippen LogP contribution in [0.1, 0.15) is 63.3 Å². The van der Waals surface area contributed by atoms with Crippen molar-refractivity contribution in [3.8, 4) is 0 Å². The van der Waals surface area contributed by atoms with E-state index in [0.29, 0.717) is 6.42 Å². The van der Waals surface area contributed by atoms with E-state index >= 15 is 0 Å². The van der Waals surface area contributed by atoms with Crippen LogP contribution in [0.3, 0.4) is 0 Å². The Morgan fingerprint density at radius 1 is 1.31 bits per heavy atom. The van der Waals surface area contributed by atoms with E-state index in [9.17, 15) is 9.59 Å². The summed E-state index contributed by atoms with van der Waals surface area (Å²) in [4.78, 5) is 29.0. The third-order valence-electron chi connectivity index (χ3n) is 5.89. The number of hydrogen-bond acceptors (Lipinski definition) is 4. The fraction of sp³-hybridized carbons (Fsp3) is 0.636. The molecule has 1 aliphatic carbocycles. The van der Waals surface area contributed by atoms with Gasteiger partial charge < -0.3 is 15.0 Å². The Labute approximate surface area is 172 Å². The summed E-state index contributed by atoms with van der Waals surface area (Å²) in [5.74, 6) is -0.0178. The van der Waals surface area contributed by atoms with Crippen LogP contribution >= 0.6 is 0 Å². The molecule has 7 nitrogen and oxygen atoms in total. The summed E-state index contributed by atoms with van der Waals surface area (Å²) in [7, 11) is 0. The molecule has 7 heteroatoms. The zero-order chi connectivity index (χ0) is 20.6. The van der Waals surface area contributed by atoms with Crippen molar-refractivity contribution >= 4 is 18.1 Å². The summed E-state index contributed by atoms with van der Waals surface area (Å²) in [6, 6.07) is -0.408. The van der Waals surface area contributed by atoms with E-state index in [4.69, 9.17) is 4.74 Å². The second-order valence-corrected chi connectivity index (χ2v) is 9.27. The third kappa shape index (κ3) is 4.34.